The molecule has 6 heteroatoms. The van der Waals surface area contributed by atoms with Crippen molar-refractivity contribution in [3.63, 3.8) is 0 Å². The Balaban J connectivity index is 1.91. The predicted molar refractivity (Wildman–Crippen MR) is 83.7 cm³/mol. The number of nitrogens with zero attached hydrogens (tertiary/aromatic N) is 1. The van der Waals surface area contributed by atoms with E-state index in [0.717, 1.165) is 44.9 Å². The van der Waals surface area contributed by atoms with Gasteiger partial charge in [-0.25, -0.2) is 8.42 Å². The molecule has 2 atom stereocenters. The average Bonchev–Trinajstić information content (AvgIpc) is 3.00. The fourth-order valence-corrected chi connectivity index (χ4v) is 5.45. The standard InChI is InChI=1S/C15H28N2O3S/c1-12(16)14-8-4-5-10-17(14)15(18)9-11-21(19,20)13-6-2-3-7-13/h12-14H,2-11,16H2,1H3. The summed E-state index contributed by atoms with van der Waals surface area (Å²) in [6.07, 6.45) is 6.65. The maximum absolute atomic E-state index is 12.4. The smallest absolute Gasteiger partial charge is 0.223 e. The summed E-state index contributed by atoms with van der Waals surface area (Å²) < 4.78 is 24.5. The first-order valence-corrected chi connectivity index (χ1v) is 9.90. The molecule has 0 bridgehead atoms. The van der Waals surface area contributed by atoms with Gasteiger partial charge < -0.3 is 10.6 Å². The highest BCUT2D eigenvalue weighted by molar-refractivity contribution is 7.92. The Morgan fingerprint density at radius 3 is 2.43 bits per heavy atom. The molecule has 2 fully saturated rings. The van der Waals surface area contributed by atoms with Gasteiger partial charge in [0.15, 0.2) is 9.84 Å². The molecular weight excluding hydrogens is 288 g/mol. The summed E-state index contributed by atoms with van der Waals surface area (Å²) in [5, 5.41) is -0.212. The van der Waals surface area contributed by atoms with Gasteiger partial charge in [0.2, 0.25) is 5.91 Å². The van der Waals surface area contributed by atoms with Gasteiger partial charge in [0, 0.05) is 25.0 Å². The quantitative estimate of drug-likeness (QED) is 0.832. The molecule has 2 aliphatic rings. The van der Waals surface area contributed by atoms with Crippen LogP contribution in [0.4, 0.5) is 0 Å². The largest absolute Gasteiger partial charge is 0.338 e. The summed E-state index contributed by atoms with van der Waals surface area (Å²) in [5.74, 6) is -0.0443. The van der Waals surface area contributed by atoms with E-state index in [1.807, 2.05) is 11.8 Å². The van der Waals surface area contributed by atoms with E-state index in [9.17, 15) is 13.2 Å². The van der Waals surface area contributed by atoms with Crippen molar-refractivity contribution >= 4 is 15.7 Å². The number of nitrogens with two attached hydrogens (primary N) is 1. The molecule has 0 aromatic rings. The zero-order valence-corrected chi connectivity index (χ0v) is 13.8. The van der Waals surface area contributed by atoms with Gasteiger partial charge >= 0.3 is 0 Å². The number of hydrogen-bond acceptors (Lipinski definition) is 4. The first-order chi connectivity index (χ1) is 9.92. The first kappa shape index (κ1) is 16.7. The zero-order chi connectivity index (χ0) is 15.5. The maximum atomic E-state index is 12.4. The number of hydrogen-bond donors (Lipinski definition) is 1. The molecule has 1 saturated heterocycles. The lowest BCUT2D eigenvalue weighted by Crippen LogP contribution is -2.52. The molecule has 1 aliphatic heterocycles. The van der Waals surface area contributed by atoms with Crippen LogP contribution in [0.15, 0.2) is 0 Å². The van der Waals surface area contributed by atoms with Crippen molar-refractivity contribution in [3.05, 3.63) is 0 Å². The second-order valence-electron chi connectivity index (χ2n) is 6.53. The molecule has 2 rings (SSSR count). The Morgan fingerprint density at radius 1 is 1.19 bits per heavy atom. The van der Waals surface area contributed by atoms with Crippen molar-refractivity contribution in [3.8, 4) is 0 Å². The molecule has 0 radical (unpaired) electrons. The van der Waals surface area contributed by atoms with Crippen LogP contribution in [0.2, 0.25) is 0 Å². The van der Waals surface area contributed by atoms with E-state index < -0.39 is 9.84 Å². The van der Waals surface area contributed by atoms with E-state index in [-0.39, 0.29) is 35.4 Å². The zero-order valence-electron chi connectivity index (χ0n) is 13.0. The van der Waals surface area contributed by atoms with Crippen molar-refractivity contribution in [2.45, 2.75) is 75.6 Å². The number of likely N-dealkylation sites (tertiary alicyclic amines) is 1. The van der Waals surface area contributed by atoms with Crippen molar-refractivity contribution in [2.75, 3.05) is 12.3 Å². The van der Waals surface area contributed by atoms with Gasteiger partial charge in [-0.2, -0.15) is 0 Å². The van der Waals surface area contributed by atoms with E-state index in [2.05, 4.69) is 0 Å². The van der Waals surface area contributed by atoms with Gasteiger partial charge in [0.05, 0.1) is 11.0 Å². The van der Waals surface area contributed by atoms with Gasteiger partial charge in [0.25, 0.3) is 0 Å². The van der Waals surface area contributed by atoms with Crippen molar-refractivity contribution in [2.24, 2.45) is 5.73 Å². The van der Waals surface area contributed by atoms with E-state index in [4.69, 9.17) is 5.73 Å². The van der Waals surface area contributed by atoms with Gasteiger partial charge in [0.1, 0.15) is 0 Å². The molecule has 5 nitrogen and oxygen atoms in total. The number of piperidine rings is 1. The Hall–Kier alpha value is -0.620. The highest BCUT2D eigenvalue weighted by Gasteiger charge is 2.32. The van der Waals surface area contributed by atoms with Crippen LogP contribution in [0.5, 0.6) is 0 Å². The molecule has 1 amide bonds. The maximum Gasteiger partial charge on any atom is 0.223 e. The van der Waals surface area contributed by atoms with Crippen molar-refractivity contribution < 1.29 is 13.2 Å². The second-order valence-corrected chi connectivity index (χ2v) is 8.93. The molecule has 21 heavy (non-hydrogen) atoms. The lowest BCUT2D eigenvalue weighted by Gasteiger charge is -2.38. The lowest BCUT2D eigenvalue weighted by molar-refractivity contribution is -0.134. The normalized spacial score (nSPS) is 26.0. The first-order valence-electron chi connectivity index (χ1n) is 8.18. The molecule has 1 aliphatic carbocycles. The third-order valence-electron chi connectivity index (χ3n) is 4.89. The van der Waals surface area contributed by atoms with Crippen molar-refractivity contribution in [1.29, 1.82) is 0 Å². The van der Waals surface area contributed by atoms with E-state index in [1.165, 1.54) is 0 Å². The summed E-state index contributed by atoms with van der Waals surface area (Å²) in [4.78, 5) is 14.2. The summed E-state index contributed by atoms with van der Waals surface area (Å²) in [7, 11) is -3.11. The van der Waals surface area contributed by atoms with Gasteiger partial charge in [-0.1, -0.05) is 12.8 Å². The summed E-state index contributed by atoms with van der Waals surface area (Å²) in [5.41, 5.74) is 5.96. The molecule has 0 aromatic carbocycles. The van der Waals surface area contributed by atoms with Crippen LogP contribution in [0.1, 0.15) is 58.3 Å². The average molecular weight is 316 g/mol. The molecule has 2 unspecified atom stereocenters. The highest BCUT2D eigenvalue weighted by atomic mass is 32.2. The van der Waals surface area contributed by atoms with Crippen LogP contribution in [0.3, 0.4) is 0 Å². The molecule has 1 saturated carbocycles. The van der Waals surface area contributed by atoms with E-state index in [0.29, 0.717) is 6.54 Å². The molecule has 1 heterocycles. The molecule has 0 spiro atoms. The van der Waals surface area contributed by atoms with Crippen LogP contribution in [0.25, 0.3) is 0 Å². The number of carbonyl (C=O) groups is 1. The molecular formula is C15H28N2O3S. The Morgan fingerprint density at radius 2 is 1.81 bits per heavy atom. The molecule has 2 N–H and O–H groups in total. The van der Waals surface area contributed by atoms with E-state index >= 15 is 0 Å². The SMILES string of the molecule is CC(N)C1CCCCN1C(=O)CCS(=O)(=O)C1CCCC1. The third-order valence-corrected chi connectivity index (χ3v) is 7.15. The summed E-state index contributed by atoms with van der Waals surface area (Å²) in [6, 6.07) is 0.0149. The summed E-state index contributed by atoms with van der Waals surface area (Å²) >= 11 is 0. The molecule has 0 aromatic heterocycles. The number of sulfone groups is 1. The van der Waals surface area contributed by atoms with Gasteiger partial charge in [-0.3, -0.25) is 4.79 Å². The highest BCUT2D eigenvalue weighted by Crippen LogP contribution is 2.26. The number of carbonyl (C=O) groups excluding carboxylic acids is 1. The summed E-state index contributed by atoms with van der Waals surface area (Å²) in [6.45, 7) is 2.64. The van der Waals surface area contributed by atoms with Crippen LogP contribution in [0, 0.1) is 0 Å². The molecule has 122 valence electrons. The Bertz CT molecular complexity index is 456. The van der Waals surface area contributed by atoms with Gasteiger partial charge in [-0.15, -0.1) is 0 Å². The number of rotatable bonds is 5. The van der Waals surface area contributed by atoms with Gasteiger partial charge in [-0.05, 0) is 39.0 Å². The second kappa shape index (κ2) is 7.09. The Kier molecular flexibility index (Phi) is 5.66. The number of amides is 1. The van der Waals surface area contributed by atoms with Crippen LogP contribution < -0.4 is 5.73 Å². The van der Waals surface area contributed by atoms with Crippen LogP contribution in [-0.4, -0.2) is 48.9 Å². The topological polar surface area (TPSA) is 80.5 Å². The fourth-order valence-electron chi connectivity index (χ4n) is 3.60. The monoisotopic (exact) mass is 316 g/mol. The lowest BCUT2D eigenvalue weighted by atomic mass is 9.96. The van der Waals surface area contributed by atoms with Crippen molar-refractivity contribution in [1.82, 2.24) is 4.90 Å². The van der Waals surface area contributed by atoms with Crippen LogP contribution >= 0.6 is 0 Å². The Labute approximate surface area is 128 Å². The minimum absolute atomic E-state index is 0.00132. The fraction of sp³-hybridized carbons (Fsp3) is 0.933. The van der Waals surface area contributed by atoms with Crippen LogP contribution in [-0.2, 0) is 14.6 Å². The predicted octanol–water partition coefficient (Wildman–Crippen LogP) is 1.46. The third kappa shape index (κ3) is 4.19. The van der Waals surface area contributed by atoms with E-state index in [1.54, 1.807) is 0 Å². The minimum atomic E-state index is -3.11. The minimum Gasteiger partial charge on any atom is -0.338 e.